The highest BCUT2D eigenvalue weighted by Crippen LogP contribution is 2.35. The van der Waals surface area contributed by atoms with Crippen molar-refractivity contribution in [1.82, 2.24) is 9.80 Å². The molecule has 2 aliphatic heterocycles. The lowest BCUT2D eigenvalue weighted by Crippen LogP contribution is -2.44. The number of carbonyl (C=O) groups excluding carboxylic acids is 1. The van der Waals surface area contributed by atoms with Gasteiger partial charge in [0.25, 0.3) is 0 Å². The van der Waals surface area contributed by atoms with E-state index in [0.717, 1.165) is 43.9 Å². The van der Waals surface area contributed by atoms with Crippen LogP contribution in [0.2, 0.25) is 0 Å². The van der Waals surface area contributed by atoms with E-state index in [1.807, 2.05) is 0 Å². The summed E-state index contributed by atoms with van der Waals surface area (Å²) in [6, 6.07) is 17.9. The van der Waals surface area contributed by atoms with Gasteiger partial charge in [-0.2, -0.15) is 0 Å². The van der Waals surface area contributed by atoms with Crippen molar-refractivity contribution in [2.45, 2.75) is 51.9 Å². The Kier molecular flexibility index (Phi) is 6.64. The number of rotatable bonds is 6. The van der Waals surface area contributed by atoms with E-state index >= 15 is 0 Å². The van der Waals surface area contributed by atoms with Gasteiger partial charge in [0, 0.05) is 19.6 Å². The van der Waals surface area contributed by atoms with Gasteiger partial charge in [0.2, 0.25) is 5.91 Å². The zero-order valence-corrected chi connectivity index (χ0v) is 19.6. The molecule has 0 N–H and O–H groups in total. The van der Waals surface area contributed by atoms with Crippen LogP contribution in [0.15, 0.2) is 48.5 Å². The van der Waals surface area contributed by atoms with Crippen molar-refractivity contribution < 1.29 is 4.79 Å². The van der Waals surface area contributed by atoms with E-state index in [1.54, 1.807) is 11.1 Å². The number of amides is 1. The van der Waals surface area contributed by atoms with Crippen LogP contribution < -0.4 is 0 Å². The third-order valence-electron chi connectivity index (χ3n) is 8.35. The molecule has 2 aromatic carbocycles. The number of likely N-dealkylation sites (tertiary alicyclic amines) is 2. The Hall–Kier alpha value is -2.13. The molecular formula is C29H38N2O. The summed E-state index contributed by atoms with van der Waals surface area (Å²) in [5, 5.41) is 0. The minimum absolute atomic E-state index is 0.359. The van der Waals surface area contributed by atoms with E-state index < -0.39 is 0 Å². The van der Waals surface area contributed by atoms with Gasteiger partial charge in [-0.1, -0.05) is 54.1 Å². The number of hydrogen-bond acceptors (Lipinski definition) is 2. The zero-order chi connectivity index (χ0) is 21.9. The largest absolute Gasteiger partial charge is 0.342 e. The Morgan fingerprint density at radius 2 is 1.56 bits per heavy atom. The SMILES string of the molecule is Cc1ccc(CCC2CCN(C(=O)CN3CCC(C4Cc5ccccc5C4)C3)CC2)cc1. The normalized spacial score (nSPS) is 22.4. The van der Waals surface area contributed by atoms with Crippen LogP contribution in [-0.2, 0) is 24.1 Å². The van der Waals surface area contributed by atoms with Crippen molar-refractivity contribution in [3.63, 3.8) is 0 Å². The molecule has 0 aromatic heterocycles. The van der Waals surface area contributed by atoms with E-state index in [4.69, 9.17) is 0 Å². The zero-order valence-electron chi connectivity index (χ0n) is 19.6. The van der Waals surface area contributed by atoms with Gasteiger partial charge in [0.1, 0.15) is 0 Å². The number of fused-ring (bicyclic) bond motifs is 1. The minimum atomic E-state index is 0.359. The van der Waals surface area contributed by atoms with Crippen LogP contribution in [0.3, 0.4) is 0 Å². The average Bonchev–Trinajstić information content (AvgIpc) is 3.46. The summed E-state index contributed by atoms with van der Waals surface area (Å²) in [5.41, 5.74) is 5.89. The molecule has 32 heavy (non-hydrogen) atoms. The van der Waals surface area contributed by atoms with Gasteiger partial charge in [0.15, 0.2) is 0 Å². The first-order chi connectivity index (χ1) is 15.6. The second-order valence-electron chi connectivity index (χ2n) is 10.6. The average molecular weight is 431 g/mol. The molecule has 0 saturated carbocycles. The highest BCUT2D eigenvalue weighted by atomic mass is 16.2. The van der Waals surface area contributed by atoms with Crippen molar-refractivity contribution in [2.75, 3.05) is 32.7 Å². The van der Waals surface area contributed by atoms with E-state index in [9.17, 15) is 4.79 Å². The number of aryl methyl sites for hydroxylation is 2. The van der Waals surface area contributed by atoms with Crippen LogP contribution >= 0.6 is 0 Å². The Morgan fingerprint density at radius 1 is 0.875 bits per heavy atom. The fourth-order valence-electron chi connectivity index (χ4n) is 6.21. The van der Waals surface area contributed by atoms with Gasteiger partial charge in [-0.3, -0.25) is 9.69 Å². The first-order valence-corrected chi connectivity index (χ1v) is 12.8. The summed E-state index contributed by atoms with van der Waals surface area (Å²) in [6.45, 7) is 6.88. The molecule has 0 radical (unpaired) electrons. The van der Waals surface area contributed by atoms with Gasteiger partial charge in [0.05, 0.1) is 6.54 Å². The summed E-state index contributed by atoms with van der Waals surface area (Å²) in [4.78, 5) is 17.5. The first kappa shape index (κ1) is 21.7. The van der Waals surface area contributed by atoms with Crippen LogP contribution in [0.1, 0.15) is 47.9 Å². The topological polar surface area (TPSA) is 23.6 Å². The van der Waals surface area contributed by atoms with Gasteiger partial charge in [-0.05, 0) is 92.9 Å². The van der Waals surface area contributed by atoms with Crippen LogP contribution in [0.4, 0.5) is 0 Å². The molecule has 1 aliphatic carbocycles. The lowest BCUT2D eigenvalue weighted by atomic mass is 9.89. The van der Waals surface area contributed by atoms with E-state index in [-0.39, 0.29) is 0 Å². The summed E-state index contributed by atoms with van der Waals surface area (Å²) < 4.78 is 0. The van der Waals surface area contributed by atoms with Crippen molar-refractivity contribution >= 4 is 5.91 Å². The van der Waals surface area contributed by atoms with Crippen LogP contribution in [0.5, 0.6) is 0 Å². The Labute approximate surface area is 193 Å². The predicted octanol–water partition coefficient (Wildman–Crippen LogP) is 4.90. The number of benzene rings is 2. The molecule has 170 valence electrons. The molecule has 3 aliphatic rings. The number of carbonyl (C=O) groups is 1. The number of piperidine rings is 1. The summed E-state index contributed by atoms with van der Waals surface area (Å²) >= 11 is 0. The van der Waals surface area contributed by atoms with E-state index in [1.165, 1.54) is 56.1 Å². The quantitative estimate of drug-likeness (QED) is 0.651. The Morgan fingerprint density at radius 3 is 2.25 bits per heavy atom. The van der Waals surface area contributed by atoms with Gasteiger partial charge in [-0.15, -0.1) is 0 Å². The van der Waals surface area contributed by atoms with Crippen molar-refractivity contribution in [3.8, 4) is 0 Å². The molecule has 3 nitrogen and oxygen atoms in total. The molecule has 1 atom stereocenters. The van der Waals surface area contributed by atoms with Gasteiger partial charge >= 0.3 is 0 Å². The minimum Gasteiger partial charge on any atom is -0.342 e. The molecule has 1 unspecified atom stereocenters. The molecule has 0 spiro atoms. The Bertz CT molecular complexity index is 888. The second kappa shape index (κ2) is 9.79. The van der Waals surface area contributed by atoms with Gasteiger partial charge < -0.3 is 4.90 Å². The van der Waals surface area contributed by atoms with E-state index in [0.29, 0.717) is 12.5 Å². The molecule has 0 bridgehead atoms. The lowest BCUT2D eigenvalue weighted by Gasteiger charge is -2.33. The Balaban J connectivity index is 1.03. The first-order valence-electron chi connectivity index (χ1n) is 12.8. The summed E-state index contributed by atoms with van der Waals surface area (Å²) in [7, 11) is 0. The van der Waals surface area contributed by atoms with Crippen LogP contribution in [-0.4, -0.2) is 48.4 Å². The van der Waals surface area contributed by atoms with Crippen LogP contribution in [0, 0.1) is 24.7 Å². The predicted molar refractivity (Wildman–Crippen MR) is 131 cm³/mol. The van der Waals surface area contributed by atoms with Crippen LogP contribution in [0.25, 0.3) is 0 Å². The monoisotopic (exact) mass is 430 g/mol. The molecule has 2 aromatic rings. The molecule has 1 amide bonds. The fourth-order valence-corrected chi connectivity index (χ4v) is 6.21. The van der Waals surface area contributed by atoms with Gasteiger partial charge in [-0.25, -0.2) is 0 Å². The second-order valence-corrected chi connectivity index (χ2v) is 10.6. The highest BCUT2D eigenvalue weighted by Gasteiger charge is 2.34. The third kappa shape index (κ3) is 5.09. The van der Waals surface area contributed by atoms with Crippen molar-refractivity contribution in [2.24, 2.45) is 17.8 Å². The molecule has 2 fully saturated rings. The highest BCUT2D eigenvalue weighted by molar-refractivity contribution is 5.78. The van der Waals surface area contributed by atoms with Crippen molar-refractivity contribution in [3.05, 3.63) is 70.8 Å². The maximum atomic E-state index is 13.0. The third-order valence-corrected chi connectivity index (χ3v) is 8.35. The molecule has 2 saturated heterocycles. The maximum Gasteiger partial charge on any atom is 0.236 e. The number of hydrogen-bond donors (Lipinski definition) is 0. The van der Waals surface area contributed by atoms with Crippen molar-refractivity contribution in [1.29, 1.82) is 0 Å². The summed E-state index contributed by atoms with van der Waals surface area (Å²) in [5.74, 6) is 2.65. The maximum absolute atomic E-state index is 13.0. The smallest absolute Gasteiger partial charge is 0.236 e. The molecule has 2 heterocycles. The molecule has 5 rings (SSSR count). The standard InChI is InChI=1S/C29H38N2O/c1-22-6-8-23(9-7-22)10-11-24-12-16-31(17-13-24)29(32)21-30-15-14-27(20-30)28-18-25-4-2-3-5-26(25)19-28/h2-9,24,27-28H,10-21H2,1H3. The lowest BCUT2D eigenvalue weighted by molar-refractivity contribution is -0.133. The molecule has 3 heteroatoms. The van der Waals surface area contributed by atoms with E-state index in [2.05, 4.69) is 65.3 Å². The fraction of sp³-hybridized carbons (Fsp3) is 0.552. The number of nitrogens with zero attached hydrogens (tertiary/aromatic N) is 2. The molecular weight excluding hydrogens is 392 g/mol. The summed E-state index contributed by atoms with van der Waals surface area (Å²) in [6.07, 6.45) is 8.48.